The van der Waals surface area contributed by atoms with Crippen LogP contribution in [-0.4, -0.2) is 41.8 Å². The molecule has 0 aliphatic carbocycles. The number of carbonyl (C=O) groups is 3. The van der Waals surface area contributed by atoms with Crippen molar-refractivity contribution >= 4 is 29.3 Å². The minimum atomic E-state index is -0.747. The van der Waals surface area contributed by atoms with Crippen molar-refractivity contribution in [2.24, 2.45) is 5.73 Å². The van der Waals surface area contributed by atoms with Gasteiger partial charge in [-0.05, 0) is 43.5 Å². The largest absolute Gasteiger partial charge is 0.370 e. The Morgan fingerprint density at radius 2 is 1.78 bits per heavy atom. The molecule has 0 aromatic heterocycles. The molecule has 6 nitrogen and oxygen atoms in total. The fourth-order valence-corrected chi connectivity index (χ4v) is 2.67. The van der Waals surface area contributed by atoms with E-state index in [2.05, 4.69) is 5.32 Å². The number of benzene rings is 1. The second-order valence-electron chi connectivity index (χ2n) is 5.57. The molecule has 0 saturated carbocycles. The Hall–Kier alpha value is -2.08. The molecular formula is C16H20ClN3O3. The van der Waals surface area contributed by atoms with Gasteiger partial charge in [-0.15, -0.1) is 0 Å². The Balaban J connectivity index is 2.06. The summed E-state index contributed by atoms with van der Waals surface area (Å²) in [5.74, 6) is -1.03. The van der Waals surface area contributed by atoms with Crippen LogP contribution in [0.1, 0.15) is 36.0 Å². The van der Waals surface area contributed by atoms with Gasteiger partial charge < -0.3 is 16.0 Å². The van der Waals surface area contributed by atoms with Crippen LogP contribution in [0.3, 0.4) is 0 Å². The number of nitrogens with two attached hydrogens (primary N) is 1. The number of hydrogen-bond acceptors (Lipinski definition) is 3. The first-order valence-corrected chi connectivity index (χ1v) is 7.98. The quantitative estimate of drug-likeness (QED) is 0.820. The summed E-state index contributed by atoms with van der Waals surface area (Å²) in [6, 6.07) is 5.64. The first-order valence-electron chi connectivity index (χ1n) is 7.61. The van der Waals surface area contributed by atoms with Gasteiger partial charge in [-0.3, -0.25) is 14.4 Å². The number of rotatable bonds is 6. The maximum absolute atomic E-state index is 12.5. The van der Waals surface area contributed by atoms with Gasteiger partial charge in [0.05, 0.1) is 0 Å². The molecule has 124 valence electrons. The molecule has 3 amide bonds. The van der Waals surface area contributed by atoms with Gasteiger partial charge in [0.15, 0.2) is 0 Å². The Kier molecular flexibility index (Phi) is 5.98. The van der Waals surface area contributed by atoms with Crippen LogP contribution in [-0.2, 0) is 9.59 Å². The highest BCUT2D eigenvalue weighted by molar-refractivity contribution is 6.30. The van der Waals surface area contributed by atoms with Gasteiger partial charge in [0.1, 0.15) is 6.04 Å². The lowest BCUT2D eigenvalue weighted by Crippen LogP contribution is -2.48. The zero-order chi connectivity index (χ0) is 16.8. The molecule has 0 bridgehead atoms. The van der Waals surface area contributed by atoms with E-state index in [0.29, 0.717) is 23.7 Å². The topological polar surface area (TPSA) is 92.5 Å². The van der Waals surface area contributed by atoms with Crippen molar-refractivity contribution < 1.29 is 14.4 Å². The minimum absolute atomic E-state index is 0.0468. The summed E-state index contributed by atoms with van der Waals surface area (Å²) in [6.07, 6.45) is 2.16. The average Bonchev–Trinajstić information content (AvgIpc) is 3.05. The number of primary amides is 1. The van der Waals surface area contributed by atoms with Gasteiger partial charge in [-0.1, -0.05) is 11.6 Å². The van der Waals surface area contributed by atoms with E-state index in [-0.39, 0.29) is 24.7 Å². The van der Waals surface area contributed by atoms with Crippen molar-refractivity contribution in [3.8, 4) is 0 Å². The smallest absolute Gasteiger partial charge is 0.251 e. The summed E-state index contributed by atoms with van der Waals surface area (Å²) in [4.78, 5) is 37.5. The Morgan fingerprint density at radius 1 is 1.17 bits per heavy atom. The monoisotopic (exact) mass is 337 g/mol. The molecule has 0 spiro atoms. The lowest BCUT2D eigenvalue weighted by molar-refractivity contribution is -0.132. The van der Waals surface area contributed by atoms with Gasteiger partial charge in [-0.25, -0.2) is 0 Å². The van der Waals surface area contributed by atoms with Gasteiger partial charge in [0.2, 0.25) is 11.8 Å². The van der Waals surface area contributed by atoms with Crippen molar-refractivity contribution in [1.82, 2.24) is 10.2 Å². The van der Waals surface area contributed by atoms with Gasteiger partial charge in [0, 0.05) is 30.1 Å². The molecule has 1 aliphatic heterocycles. The van der Waals surface area contributed by atoms with Crippen molar-refractivity contribution in [2.75, 3.05) is 13.1 Å². The molecule has 23 heavy (non-hydrogen) atoms. The van der Waals surface area contributed by atoms with E-state index in [4.69, 9.17) is 17.3 Å². The first-order chi connectivity index (χ1) is 11.0. The summed E-state index contributed by atoms with van der Waals surface area (Å²) < 4.78 is 0. The third-order valence-corrected chi connectivity index (χ3v) is 4.06. The van der Waals surface area contributed by atoms with Crippen LogP contribution in [0.5, 0.6) is 0 Å². The molecule has 3 N–H and O–H groups in total. The highest BCUT2D eigenvalue weighted by atomic mass is 35.5. The predicted molar refractivity (Wildman–Crippen MR) is 86.9 cm³/mol. The van der Waals surface area contributed by atoms with E-state index in [9.17, 15) is 14.4 Å². The van der Waals surface area contributed by atoms with E-state index in [1.807, 2.05) is 0 Å². The number of nitrogens with zero attached hydrogens (tertiary/aromatic N) is 1. The molecule has 1 heterocycles. The average molecular weight is 338 g/mol. The van der Waals surface area contributed by atoms with E-state index in [0.717, 1.165) is 12.8 Å². The van der Waals surface area contributed by atoms with Gasteiger partial charge >= 0.3 is 0 Å². The van der Waals surface area contributed by atoms with Crippen LogP contribution in [0, 0.1) is 0 Å². The van der Waals surface area contributed by atoms with Crippen LogP contribution in [0.4, 0.5) is 0 Å². The van der Waals surface area contributed by atoms with Gasteiger partial charge in [-0.2, -0.15) is 0 Å². The zero-order valence-electron chi connectivity index (χ0n) is 12.8. The summed E-state index contributed by atoms with van der Waals surface area (Å²) in [6.45, 7) is 1.37. The second kappa shape index (κ2) is 7.97. The highest BCUT2D eigenvalue weighted by Crippen LogP contribution is 2.13. The van der Waals surface area contributed by atoms with Crippen molar-refractivity contribution in [3.63, 3.8) is 0 Å². The second-order valence-corrected chi connectivity index (χ2v) is 6.01. The number of hydrogen-bond donors (Lipinski definition) is 2. The molecule has 2 rings (SSSR count). The molecule has 7 heteroatoms. The minimum Gasteiger partial charge on any atom is -0.370 e. The number of halogens is 1. The normalized spacial score (nSPS) is 15.3. The maximum atomic E-state index is 12.5. The lowest BCUT2D eigenvalue weighted by Gasteiger charge is -2.23. The fraction of sp³-hybridized carbons (Fsp3) is 0.438. The number of nitrogens with one attached hydrogen (secondary N) is 1. The first kappa shape index (κ1) is 17.3. The third kappa shape index (κ3) is 4.96. The number of likely N-dealkylation sites (tertiary alicyclic amines) is 1. The molecule has 1 unspecified atom stereocenters. The SMILES string of the molecule is NC(=O)CCC(NC(=O)c1ccc(Cl)cc1)C(=O)N1CCCC1. The van der Waals surface area contributed by atoms with Gasteiger partial charge in [0.25, 0.3) is 5.91 Å². The molecule has 1 saturated heterocycles. The summed E-state index contributed by atoms with van der Waals surface area (Å²) in [5, 5.41) is 3.23. The number of amides is 3. The number of carbonyl (C=O) groups excluding carboxylic acids is 3. The zero-order valence-corrected chi connectivity index (χ0v) is 13.5. The summed E-state index contributed by atoms with van der Waals surface area (Å²) >= 11 is 5.80. The molecule has 1 fully saturated rings. The maximum Gasteiger partial charge on any atom is 0.251 e. The molecular weight excluding hydrogens is 318 g/mol. The van der Waals surface area contributed by atoms with E-state index >= 15 is 0 Å². The van der Waals surface area contributed by atoms with E-state index in [1.165, 1.54) is 0 Å². The van der Waals surface area contributed by atoms with Crippen LogP contribution in [0.15, 0.2) is 24.3 Å². The highest BCUT2D eigenvalue weighted by Gasteiger charge is 2.28. The van der Waals surface area contributed by atoms with E-state index in [1.54, 1.807) is 29.2 Å². The van der Waals surface area contributed by atoms with Crippen molar-refractivity contribution in [1.29, 1.82) is 0 Å². The molecule has 0 radical (unpaired) electrons. The Labute approximate surface area is 140 Å². The van der Waals surface area contributed by atoms with Crippen LogP contribution < -0.4 is 11.1 Å². The standard InChI is InChI=1S/C16H20ClN3O3/c17-12-5-3-11(4-6-12)15(22)19-13(7-8-14(18)21)16(23)20-9-1-2-10-20/h3-6,13H,1-2,7-10H2,(H2,18,21)(H,19,22). The lowest BCUT2D eigenvalue weighted by atomic mass is 10.1. The van der Waals surface area contributed by atoms with Crippen molar-refractivity contribution in [3.05, 3.63) is 34.9 Å². The molecule has 1 aromatic carbocycles. The van der Waals surface area contributed by atoms with Crippen LogP contribution in [0.2, 0.25) is 5.02 Å². The Morgan fingerprint density at radius 3 is 2.35 bits per heavy atom. The summed E-state index contributed by atoms with van der Waals surface area (Å²) in [5.41, 5.74) is 5.57. The van der Waals surface area contributed by atoms with Crippen LogP contribution >= 0.6 is 11.6 Å². The fourth-order valence-electron chi connectivity index (χ4n) is 2.54. The molecule has 1 aromatic rings. The molecule has 1 aliphatic rings. The summed E-state index contributed by atoms with van der Waals surface area (Å²) in [7, 11) is 0. The third-order valence-electron chi connectivity index (χ3n) is 3.81. The van der Waals surface area contributed by atoms with E-state index < -0.39 is 11.9 Å². The van der Waals surface area contributed by atoms with Crippen LogP contribution in [0.25, 0.3) is 0 Å². The predicted octanol–water partition coefficient (Wildman–Crippen LogP) is 1.33. The van der Waals surface area contributed by atoms with Crippen molar-refractivity contribution in [2.45, 2.75) is 31.7 Å². The Bertz CT molecular complexity index is 583. The molecule has 1 atom stereocenters.